The van der Waals surface area contributed by atoms with Crippen LogP contribution in [0.4, 0.5) is 0 Å². The van der Waals surface area contributed by atoms with Crippen LogP contribution in [0.25, 0.3) is 0 Å². The van der Waals surface area contributed by atoms with E-state index in [1.54, 1.807) is 0 Å². The van der Waals surface area contributed by atoms with Crippen molar-refractivity contribution < 1.29 is 9.90 Å². The van der Waals surface area contributed by atoms with Crippen molar-refractivity contribution in [3.8, 4) is 0 Å². The second kappa shape index (κ2) is 7.10. The summed E-state index contributed by atoms with van der Waals surface area (Å²) in [6.07, 6.45) is 9.13. The number of carbonyl (C=O) groups is 1. The highest BCUT2D eigenvalue weighted by Gasteiger charge is 2.47. The molecule has 4 nitrogen and oxygen atoms in total. The summed E-state index contributed by atoms with van der Waals surface area (Å²) in [4.78, 5) is 14.2. The van der Waals surface area contributed by atoms with Crippen LogP contribution in [0.1, 0.15) is 65.2 Å². The van der Waals surface area contributed by atoms with Crippen LogP contribution in [0.15, 0.2) is 0 Å². The fraction of sp³-hybridized carbons (Fsp3) is 0.941. The lowest BCUT2D eigenvalue weighted by Gasteiger charge is -2.43. The van der Waals surface area contributed by atoms with Crippen molar-refractivity contribution >= 4 is 5.97 Å². The van der Waals surface area contributed by atoms with Crippen LogP contribution in [0, 0.1) is 5.41 Å². The van der Waals surface area contributed by atoms with E-state index in [0.717, 1.165) is 51.9 Å². The minimum absolute atomic E-state index is 0.486. The van der Waals surface area contributed by atoms with E-state index < -0.39 is 11.5 Å². The Morgan fingerprint density at radius 1 is 1.05 bits per heavy atom. The molecule has 2 saturated carbocycles. The normalized spacial score (nSPS) is 23.8. The van der Waals surface area contributed by atoms with Gasteiger partial charge in [0.15, 0.2) is 0 Å². The summed E-state index contributed by atoms with van der Waals surface area (Å²) in [5.74, 6) is -0.644. The number of carboxylic acids is 1. The molecule has 0 saturated heterocycles. The van der Waals surface area contributed by atoms with E-state index in [1.165, 1.54) is 25.7 Å². The van der Waals surface area contributed by atoms with Gasteiger partial charge in [-0.15, -0.1) is 0 Å². The van der Waals surface area contributed by atoms with Crippen molar-refractivity contribution in [3.05, 3.63) is 0 Å². The molecule has 0 aliphatic heterocycles. The van der Waals surface area contributed by atoms with E-state index in [4.69, 9.17) is 0 Å². The quantitative estimate of drug-likeness (QED) is 0.758. The Bertz CT molecular complexity index is 337. The Balaban J connectivity index is 1.88. The molecule has 4 heteroatoms. The first-order valence-electron chi connectivity index (χ1n) is 8.77. The van der Waals surface area contributed by atoms with Crippen LogP contribution >= 0.6 is 0 Å². The lowest BCUT2D eigenvalue weighted by Crippen LogP contribution is -2.56. The van der Waals surface area contributed by atoms with Crippen LogP contribution in [0.3, 0.4) is 0 Å². The third-order valence-electron chi connectivity index (χ3n) is 6.02. The lowest BCUT2D eigenvalue weighted by atomic mass is 9.66. The van der Waals surface area contributed by atoms with Gasteiger partial charge in [-0.05, 0) is 57.0 Å². The molecule has 0 aromatic rings. The Labute approximate surface area is 129 Å². The van der Waals surface area contributed by atoms with Crippen molar-refractivity contribution in [2.24, 2.45) is 5.41 Å². The van der Waals surface area contributed by atoms with E-state index in [2.05, 4.69) is 24.1 Å². The number of nitrogens with zero attached hydrogens (tertiary/aromatic N) is 1. The van der Waals surface area contributed by atoms with Crippen LogP contribution in [0.5, 0.6) is 0 Å². The number of hydrogen-bond acceptors (Lipinski definition) is 3. The minimum atomic E-state index is -0.666. The molecule has 0 unspecified atom stereocenters. The SMILES string of the molecule is CCN(CC)CCNC1(C(=O)O)CCC2(CCCC2)CC1. The number of rotatable bonds is 7. The van der Waals surface area contributed by atoms with Crippen molar-refractivity contribution in [2.75, 3.05) is 26.2 Å². The van der Waals surface area contributed by atoms with E-state index in [0.29, 0.717) is 5.41 Å². The van der Waals surface area contributed by atoms with E-state index >= 15 is 0 Å². The fourth-order valence-electron chi connectivity index (χ4n) is 4.29. The average molecular weight is 296 g/mol. The molecule has 2 fully saturated rings. The molecule has 1 spiro atoms. The highest BCUT2D eigenvalue weighted by Crippen LogP contribution is 2.51. The first-order chi connectivity index (χ1) is 10.1. The summed E-state index contributed by atoms with van der Waals surface area (Å²) >= 11 is 0. The first-order valence-corrected chi connectivity index (χ1v) is 8.77. The molecule has 0 heterocycles. The van der Waals surface area contributed by atoms with Crippen molar-refractivity contribution in [1.82, 2.24) is 10.2 Å². The highest BCUT2D eigenvalue weighted by atomic mass is 16.4. The zero-order chi connectivity index (χ0) is 15.3. The summed E-state index contributed by atoms with van der Waals surface area (Å²) in [7, 11) is 0. The number of aliphatic carboxylic acids is 1. The molecule has 0 aromatic carbocycles. The predicted molar refractivity (Wildman–Crippen MR) is 85.5 cm³/mol. The van der Waals surface area contributed by atoms with Crippen LogP contribution < -0.4 is 5.32 Å². The highest BCUT2D eigenvalue weighted by molar-refractivity contribution is 5.79. The molecule has 2 aliphatic carbocycles. The second-order valence-electron chi connectivity index (χ2n) is 7.05. The summed E-state index contributed by atoms with van der Waals surface area (Å²) in [6.45, 7) is 8.08. The van der Waals surface area contributed by atoms with Gasteiger partial charge >= 0.3 is 5.97 Å². The van der Waals surface area contributed by atoms with E-state index in [9.17, 15) is 9.90 Å². The summed E-state index contributed by atoms with van der Waals surface area (Å²) in [5, 5.41) is 13.1. The molecular weight excluding hydrogens is 264 g/mol. The van der Waals surface area contributed by atoms with Gasteiger partial charge in [-0.25, -0.2) is 0 Å². The molecule has 2 rings (SSSR count). The van der Waals surface area contributed by atoms with Crippen LogP contribution in [0.2, 0.25) is 0 Å². The Morgan fingerprint density at radius 2 is 1.62 bits per heavy atom. The van der Waals surface area contributed by atoms with Crippen LogP contribution in [-0.2, 0) is 4.79 Å². The Kier molecular flexibility index (Phi) is 5.67. The molecule has 122 valence electrons. The third kappa shape index (κ3) is 3.78. The molecule has 0 atom stereocenters. The van der Waals surface area contributed by atoms with Crippen LogP contribution in [-0.4, -0.2) is 47.7 Å². The maximum absolute atomic E-state index is 11.8. The van der Waals surface area contributed by atoms with Gasteiger partial charge in [0, 0.05) is 13.1 Å². The van der Waals surface area contributed by atoms with Crippen molar-refractivity contribution in [2.45, 2.75) is 70.8 Å². The molecule has 0 radical (unpaired) electrons. The molecule has 2 aliphatic rings. The smallest absolute Gasteiger partial charge is 0.323 e. The van der Waals surface area contributed by atoms with Gasteiger partial charge in [-0.1, -0.05) is 26.7 Å². The number of likely N-dealkylation sites (N-methyl/N-ethyl adjacent to an activating group) is 1. The Hall–Kier alpha value is -0.610. The number of carboxylic acid groups (broad SMARTS) is 1. The van der Waals surface area contributed by atoms with Gasteiger partial charge < -0.3 is 15.3 Å². The Morgan fingerprint density at radius 3 is 2.10 bits per heavy atom. The van der Waals surface area contributed by atoms with Crippen molar-refractivity contribution in [1.29, 1.82) is 0 Å². The van der Waals surface area contributed by atoms with Gasteiger partial charge in [-0.3, -0.25) is 4.79 Å². The largest absolute Gasteiger partial charge is 0.480 e. The standard InChI is InChI=1S/C17H32N2O2/c1-3-19(4-2)14-13-18-17(15(20)21)11-9-16(10-12-17)7-5-6-8-16/h18H,3-14H2,1-2H3,(H,20,21). The van der Waals surface area contributed by atoms with Gasteiger partial charge in [0.05, 0.1) is 0 Å². The number of nitrogens with one attached hydrogen (secondary N) is 1. The van der Waals surface area contributed by atoms with Gasteiger partial charge in [0.25, 0.3) is 0 Å². The molecule has 21 heavy (non-hydrogen) atoms. The van der Waals surface area contributed by atoms with E-state index in [-0.39, 0.29) is 0 Å². The lowest BCUT2D eigenvalue weighted by molar-refractivity contribution is -0.147. The van der Waals surface area contributed by atoms with E-state index in [1.807, 2.05) is 0 Å². The third-order valence-corrected chi connectivity index (χ3v) is 6.02. The van der Waals surface area contributed by atoms with Gasteiger partial charge in [-0.2, -0.15) is 0 Å². The monoisotopic (exact) mass is 296 g/mol. The first kappa shape index (κ1) is 16.8. The average Bonchev–Trinajstić information content (AvgIpc) is 2.94. The van der Waals surface area contributed by atoms with Gasteiger partial charge in [0.1, 0.15) is 5.54 Å². The van der Waals surface area contributed by atoms with Crippen molar-refractivity contribution in [3.63, 3.8) is 0 Å². The number of hydrogen-bond donors (Lipinski definition) is 2. The molecule has 2 N–H and O–H groups in total. The summed E-state index contributed by atoms with van der Waals surface area (Å²) in [5.41, 5.74) is -0.180. The molecule has 0 amide bonds. The topological polar surface area (TPSA) is 52.6 Å². The molecule has 0 bridgehead atoms. The minimum Gasteiger partial charge on any atom is -0.480 e. The summed E-state index contributed by atoms with van der Waals surface area (Å²) < 4.78 is 0. The molecular formula is C17H32N2O2. The zero-order valence-electron chi connectivity index (χ0n) is 13.8. The summed E-state index contributed by atoms with van der Waals surface area (Å²) in [6, 6.07) is 0. The predicted octanol–water partition coefficient (Wildman–Crippen LogP) is 2.88. The zero-order valence-corrected chi connectivity index (χ0v) is 13.8. The fourth-order valence-corrected chi connectivity index (χ4v) is 4.29. The molecule has 0 aromatic heterocycles. The maximum atomic E-state index is 11.8. The van der Waals surface area contributed by atoms with Gasteiger partial charge in [0.2, 0.25) is 0 Å². The maximum Gasteiger partial charge on any atom is 0.323 e. The second-order valence-corrected chi connectivity index (χ2v) is 7.05.